The second-order valence-electron chi connectivity index (χ2n) is 7.85. The Bertz CT molecular complexity index is 502. The molecule has 1 amide bonds. The van der Waals surface area contributed by atoms with Crippen molar-refractivity contribution in [3.05, 3.63) is 0 Å². The summed E-state index contributed by atoms with van der Waals surface area (Å²) in [5, 5.41) is 3.37. The van der Waals surface area contributed by atoms with Crippen molar-refractivity contribution >= 4 is 13.7 Å². The van der Waals surface area contributed by atoms with E-state index in [1.54, 1.807) is 4.90 Å². The summed E-state index contributed by atoms with van der Waals surface area (Å²) in [6, 6.07) is 0. The Kier molecular flexibility index (Phi) is 6.58. The number of rotatable bonds is 5. The smallest absolute Gasteiger partial charge is 0.410 e. The number of amides is 1. The number of ether oxygens (including phenoxy) is 1. The van der Waals surface area contributed by atoms with Gasteiger partial charge in [-0.15, -0.1) is 0 Å². The summed E-state index contributed by atoms with van der Waals surface area (Å²) < 4.78 is 30.0. The predicted molar refractivity (Wildman–Crippen MR) is 97.0 cm³/mol. The molecule has 2 heterocycles. The van der Waals surface area contributed by atoms with Gasteiger partial charge in [0.05, 0.1) is 18.9 Å². The van der Waals surface area contributed by atoms with E-state index in [0.29, 0.717) is 32.8 Å². The Morgan fingerprint density at radius 2 is 1.76 bits per heavy atom. The van der Waals surface area contributed by atoms with Crippen molar-refractivity contribution in [2.24, 2.45) is 5.41 Å². The average molecular weight is 376 g/mol. The Morgan fingerprint density at radius 1 is 1.20 bits per heavy atom. The van der Waals surface area contributed by atoms with Gasteiger partial charge in [-0.05, 0) is 47.5 Å². The van der Waals surface area contributed by atoms with E-state index in [1.807, 2.05) is 34.6 Å². The molecule has 2 fully saturated rings. The fourth-order valence-corrected chi connectivity index (χ4v) is 6.31. The number of nitrogens with zero attached hydrogens (tertiary/aromatic N) is 1. The molecular weight excluding hydrogens is 343 g/mol. The number of piperidine rings is 1. The zero-order valence-corrected chi connectivity index (χ0v) is 17.1. The Hall–Kier alpha value is -0.620. The molecule has 0 aromatic carbocycles. The predicted octanol–water partition coefficient (Wildman–Crippen LogP) is 3.24. The van der Waals surface area contributed by atoms with Crippen LogP contribution in [0.25, 0.3) is 0 Å². The van der Waals surface area contributed by atoms with Gasteiger partial charge >= 0.3 is 13.7 Å². The summed E-state index contributed by atoms with van der Waals surface area (Å²) >= 11 is 0. The molecule has 2 aliphatic heterocycles. The molecular formula is C17H33N2O5P. The second-order valence-corrected chi connectivity index (χ2v) is 10.1. The minimum atomic E-state index is -3.18. The van der Waals surface area contributed by atoms with Gasteiger partial charge in [0.25, 0.3) is 0 Å². The Labute approximate surface area is 151 Å². The monoisotopic (exact) mass is 376 g/mol. The highest BCUT2D eigenvalue weighted by molar-refractivity contribution is 7.54. The molecule has 0 aliphatic carbocycles. The van der Waals surface area contributed by atoms with Crippen molar-refractivity contribution < 1.29 is 23.1 Å². The summed E-state index contributed by atoms with van der Waals surface area (Å²) in [7, 11) is -3.18. The van der Waals surface area contributed by atoms with Gasteiger partial charge < -0.3 is 24.0 Å². The van der Waals surface area contributed by atoms with E-state index >= 15 is 0 Å². The molecule has 1 spiro atoms. The summed E-state index contributed by atoms with van der Waals surface area (Å²) in [5.74, 6) is 0. The number of hydrogen-bond donors (Lipinski definition) is 1. The van der Waals surface area contributed by atoms with Gasteiger partial charge in [-0.3, -0.25) is 4.57 Å². The second kappa shape index (κ2) is 7.95. The molecule has 146 valence electrons. The first-order chi connectivity index (χ1) is 11.7. The molecule has 25 heavy (non-hydrogen) atoms. The maximum absolute atomic E-state index is 13.3. The van der Waals surface area contributed by atoms with Crippen LogP contribution in [0.3, 0.4) is 0 Å². The van der Waals surface area contributed by atoms with Crippen LogP contribution in [0.2, 0.25) is 0 Å². The molecule has 0 aromatic heterocycles. The third-order valence-corrected chi connectivity index (χ3v) is 7.66. The lowest BCUT2D eigenvalue weighted by molar-refractivity contribution is 0.0116. The fourth-order valence-electron chi connectivity index (χ4n) is 3.79. The van der Waals surface area contributed by atoms with E-state index in [9.17, 15) is 9.36 Å². The van der Waals surface area contributed by atoms with Crippen molar-refractivity contribution in [3.63, 3.8) is 0 Å². The zero-order chi connectivity index (χ0) is 18.7. The van der Waals surface area contributed by atoms with Gasteiger partial charge in [0, 0.05) is 31.6 Å². The molecule has 2 aliphatic rings. The molecule has 7 nitrogen and oxygen atoms in total. The van der Waals surface area contributed by atoms with Gasteiger partial charge in [0.1, 0.15) is 5.60 Å². The van der Waals surface area contributed by atoms with Crippen LogP contribution >= 0.6 is 7.60 Å². The van der Waals surface area contributed by atoms with Crippen LogP contribution in [0.1, 0.15) is 47.5 Å². The molecule has 0 saturated carbocycles. The molecule has 0 radical (unpaired) electrons. The van der Waals surface area contributed by atoms with Crippen molar-refractivity contribution in [3.8, 4) is 0 Å². The maximum atomic E-state index is 13.3. The van der Waals surface area contributed by atoms with Crippen LogP contribution in [-0.2, 0) is 18.3 Å². The first-order valence-corrected chi connectivity index (χ1v) is 10.8. The number of nitrogens with one attached hydrogen (secondary N) is 1. The Morgan fingerprint density at radius 3 is 2.24 bits per heavy atom. The quantitative estimate of drug-likeness (QED) is 0.743. The topological polar surface area (TPSA) is 77.1 Å². The van der Waals surface area contributed by atoms with E-state index in [-0.39, 0.29) is 17.2 Å². The highest BCUT2D eigenvalue weighted by Crippen LogP contribution is 2.62. The minimum absolute atomic E-state index is 0.154. The van der Waals surface area contributed by atoms with Gasteiger partial charge in [-0.25, -0.2) is 4.79 Å². The largest absolute Gasteiger partial charge is 0.444 e. The molecule has 8 heteroatoms. The van der Waals surface area contributed by atoms with Gasteiger partial charge in [0.15, 0.2) is 0 Å². The number of carbonyl (C=O) groups is 1. The van der Waals surface area contributed by atoms with Crippen molar-refractivity contribution in [2.75, 3.05) is 39.4 Å². The Balaban J connectivity index is 2.07. The van der Waals surface area contributed by atoms with Crippen molar-refractivity contribution in [1.82, 2.24) is 10.2 Å². The van der Waals surface area contributed by atoms with Crippen LogP contribution in [0.4, 0.5) is 4.79 Å². The fraction of sp³-hybridized carbons (Fsp3) is 0.941. The SMILES string of the molecule is CCOP(=O)(OCC)C1CNCC12CCN(C(=O)OC(C)(C)C)CC2. The number of hydrogen-bond acceptors (Lipinski definition) is 6. The van der Waals surface area contributed by atoms with Crippen LogP contribution < -0.4 is 5.32 Å². The molecule has 0 aromatic rings. The van der Waals surface area contributed by atoms with Gasteiger partial charge in [0.2, 0.25) is 0 Å². The molecule has 1 N–H and O–H groups in total. The standard InChI is InChI=1S/C17H33N2O5P/c1-6-22-25(21,23-7-2)14-12-18-13-17(14)8-10-19(11-9-17)15(20)24-16(3,4)5/h14,18H,6-13H2,1-5H3. The summed E-state index contributed by atoms with van der Waals surface area (Å²) in [6.45, 7) is 12.6. The summed E-state index contributed by atoms with van der Waals surface area (Å²) in [4.78, 5) is 14.0. The van der Waals surface area contributed by atoms with Crippen molar-refractivity contribution in [1.29, 1.82) is 0 Å². The minimum Gasteiger partial charge on any atom is -0.444 e. The van der Waals surface area contributed by atoms with E-state index in [2.05, 4.69) is 5.32 Å². The van der Waals surface area contributed by atoms with Crippen molar-refractivity contribution in [2.45, 2.75) is 58.7 Å². The number of carbonyl (C=O) groups excluding carboxylic acids is 1. The van der Waals surface area contributed by atoms with Crippen LogP contribution in [0.5, 0.6) is 0 Å². The summed E-state index contributed by atoms with van der Waals surface area (Å²) in [6.07, 6.45) is 1.27. The van der Waals surface area contributed by atoms with E-state index in [4.69, 9.17) is 13.8 Å². The first kappa shape index (κ1) is 20.7. The zero-order valence-electron chi connectivity index (χ0n) is 16.2. The van der Waals surface area contributed by atoms with Crippen LogP contribution in [0, 0.1) is 5.41 Å². The molecule has 2 rings (SSSR count). The molecule has 1 atom stereocenters. The van der Waals surface area contributed by atoms with Gasteiger partial charge in [-0.1, -0.05) is 0 Å². The number of likely N-dealkylation sites (tertiary alicyclic amines) is 1. The van der Waals surface area contributed by atoms with Crippen LogP contribution in [0.15, 0.2) is 0 Å². The highest BCUT2D eigenvalue weighted by atomic mass is 31.2. The third kappa shape index (κ3) is 4.76. The van der Waals surface area contributed by atoms with E-state index in [0.717, 1.165) is 19.4 Å². The lowest BCUT2D eigenvalue weighted by Crippen LogP contribution is -2.49. The first-order valence-electron chi connectivity index (χ1n) is 9.23. The van der Waals surface area contributed by atoms with E-state index < -0.39 is 13.2 Å². The van der Waals surface area contributed by atoms with E-state index in [1.165, 1.54) is 0 Å². The normalized spacial score (nSPS) is 23.9. The molecule has 0 bridgehead atoms. The molecule has 2 saturated heterocycles. The lowest BCUT2D eigenvalue weighted by atomic mass is 9.77. The maximum Gasteiger partial charge on any atom is 0.410 e. The average Bonchev–Trinajstić information content (AvgIpc) is 2.90. The third-order valence-electron chi connectivity index (χ3n) is 4.93. The van der Waals surface area contributed by atoms with Gasteiger partial charge in [-0.2, -0.15) is 0 Å². The molecule has 1 unspecified atom stereocenters. The lowest BCUT2D eigenvalue weighted by Gasteiger charge is -2.43. The highest BCUT2D eigenvalue weighted by Gasteiger charge is 2.54. The van der Waals surface area contributed by atoms with Crippen LogP contribution in [-0.4, -0.2) is 61.6 Å². The summed E-state index contributed by atoms with van der Waals surface area (Å²) in [5.41, 5.74) is -0.817.